The largest absolute Gasteiger partial charge is 0.273 e. The molecule has 0 spiro atoms. The van der Waals surface area contributed by atoms with Crippen LogP contribution < -0.4 is 10.9 Å². The number of halogens is 1. The Labute approximate surface area is 138 Å². The molecular weight excluding hydrogens is 307 g/mol. The molecule has 24 heavy (non-hydrogen) atoms. The van der Waals surface area contributed by atoms with E-state index >= 15 is 0 Å². The van der Waals surface area contributed by atoms with Crippen molar-refractivity contribution in [3.63, 3.8) is 0 Å². The Morgan fingerprint density at radius 2 is 1.54 bits per heavy atom. The summed E-state index contributed by atoms with van der Waals surface area (Å²) in [7, 11) is 0. The number of hydrazine groups is 1. The maximum atomic E-state index is 12.8. The summed E-state index contributed by atoms with van der Waals surface area (Å²) in [6.07, 6.45) is 0.144. The van der Waals surface area contributed by atoms with Gasteiger partial charge in [0.25, 0.3) is 5.91 Å². The first-order valence-electron chi connectivity index (χ1n) is 7.45. The Bertz CT molecular complexity index is 886. The molecule has 0 saturated heterocycles. The van der Waals surface area contributed by atoms with Crippen LogP contribution in [0.25, 0.3) is 10.8 Å². The predicted molar refractivity (Wildman–Crippen MR) is 89.7 cm³/mol. The minimum Gasteiger partial charge on any atom is -0.273 e. The van der Waals surface area contributed by atoms with Gasteiger partial charge in [-0.05, 0) is 40.6 Å². The van der Waals surface area contributed by atoms with E-state index < -0.39 is 11.7 Å². The number of hydrogen-bond acceptors (Lipinski definition) is 2. The lowest BCUT2D eigenvalue weighted by Gasteiger charge is -2.09. The highest BCUT2D eigenvalue weighted by Gasteiger charge is 2.09. The minimum atomic E-state index is -0.499. The van der Waals surface area contributed by atoms with Crippen molar-refractivity contribution in [2.75, 3.05) is 0 Å². The fraction of sp³-hybridized carbons (Fsp3) is 0.0526. The van der Waals surface area contributed by atoms with Gasteiger partial charge in [-0.25, -0.2) is 4.39 Å². The average Bonchev–Trinajstić information content (AvgIpc) is 2.61. The van der Waals surface area contributed by atoms with Gasteiger partial charge < -0.3 is 0 Å². The van der Waals surface area contributed by atoms with Gasteiger partial charge in [0.2, 0.25) is 5.91 Å². The first-order chi connectivity index (χ1) is 11.6. The normalized spacial score (nSPS) is 10.4. The zero-order chi connectivity index (χ0) is 16.9. The Balaban J connectivity index is 1.63. The van der Waals surface area contributed by atoms with Crippen LogP contribution in [0, 0.1) is 5.82 Å². The third-order valence-electron chi connectivity index (χ3n) is 3.65. The van der Waals surface area contributed by atoms with Crippen LogP contribution >= 0.6 is 0 Å². The molecular formula is C19H15FN2O2. The summed E-state index contributed by atoms with van der Waals surface area (Å²) in [5.74, 6) is -1.25. The van der Waals surface area contributed by atoms with Crippen LogP contribution in [0.2, 0.25) is 0 Å². The minimum absolute atomic E-state index is 0.144. The number of rotatable bonds is 3. The lowest BCUT2D eigenvalue weighted by atomic mass is 10.0. The summed E-state index contributed by atoms with van der Waals surface area (Å²) < 4.78 is 12.8. The van der Waals surface area contributed by atoms with E-state index in [4.69, 9.17) is 0 Å². The lowest BCUT2D eigenvalue weighted by Crippen LogP contribution is -2.42. The Kier molecular flexibility index (Phi) is 4.52. The van der Waals surface area contributed by atoms with Crippen LogP contribution in [-0.4, -0.2) is 11.8 Å². The fourth-order valence-corrected chi connectivity index (χ4v) is 2.46. The van der Waals surface area contributed by atoms with Crippen molar-refractivity contribution in [3.8, 4) is 0 Å². The second-order valence-electron chi connectivity index (χ2n) is 5.32. The fourth-order valence-electron chi connectivity index (χ4n) is 2.46. The van der Waals surface area contributed by atoms with E-state index in [1.165, 1.54) is 24.3 Å². The molecule has 3 aromatic carbocycles. The van der Waals surface area contributed by atoms with Crippen LogP contribution in [0.4, 0.5) is 4.39 Å². The molecule has 5 heteroatoms. The molecule has 4 nitrogen and oxygen atoms in total. The molecule has 0 radical (unpaired) electrons. The number of nitrogens with one attached hydrogen (secondary N) is 2. The van der Waals surface area contributed by atoms with Crippen LogP contribution in [0.3, 0.4) is 0 Å². The molecule has 0 fully saturated rings. The zero-order valence-electron chi connectivity index (χ0n) is 12.8. The van der Waals surface area contributed by atoms with E-state index in [0.29, 0.717) is 0 Å². The first kappa shape index (κ1) is 15.7. The van der Waals surface area contributed by atoms with E-state index in [2.05, 4.69) is 10.9 Å². The van der Waals surface area contributed by atoms with E-state index in [-0.39, 0.29) is 17.9 Å². The SMILES string of the molecule is O=C(Cc1cccc2ccccc12)NNC(=O)c1ccc(F)cc1. The molecule has 0 bridgehead atoms. The molecule has 0 heterocycles. The summed E-state index contributed by atoms with van der Waals surface area (Å²) in [5.41, 5.74) is 5.84. The van der Waals surface area contributed by atoms with E-state index in [9.17, 15) is 14.0 Å². The molecule has 0 atom stereocenters. The first-order valence-corrected chi connectivity index (χ1v) is 7.45. The van der Waals surface area contributed by atoms with Gasteiger partial charge in [-0.1, -0.05) is 42.5 Å². The highest BCUT2D eigenvalue weighted by atomic mass is 19.1. The van der Waals surface area contributed by atoms with E-state index in [1.807, 2.05) is 42.5 Å². The van der Waals surface area contributed by atoms with Gasteiger partial charge in [-0.15, -0.1) is 0 Å². The smallest absolute Gasteiger partial charge is 0.269 e. The average molecular weight is 322 g/mol. The number of amides is 2. The molecule has 0 unspecified atom stereocenters. The topological polar surface area (TPSA) is 58.2 Å². The Hall–Kier alpha value is -3.21. The van der Waals surface area contributed by atoms with Gasteiger partial charge in [0.15, 0.2) is 0 Å². The molecule has 0 aliphatic heterocycles. The van der Waals surface area contributed by atoms with Gasteiger partial charge in [0, 0.05) is 5.56 Å². The number of carbonyl (C=O) groups excluding carboxylic acids is 2. The monoisotopic (exact) mass is 322 g/mol. The van der Waals surface area contributed by atoms with Crippen LogP contribution in [0.1, 0.15) is 15.9 Å². The molecule has 0 aliphatic rings. The van der Waals surface area contributed by atoms with E-state index in [1.54, 1.807) is 0 Å². The van der Waals surface area contributed by atoms with Crippen molar-refractivity contribution >= 4 is 22.6 Å². The predicted octanol–water partition coefficient (Wildman–Crippen LogP) is 2.98. The van der Waals surface area contributed by atoms with Gasteiger partial charge in [0.05, 0.1) is 6.42 Å². The van der Waals surface area contributed by atoms with Gasteiger partial charge in [-0.3, -0.25) is 20.4 Å². The summed E-state index contributed by atoms with van der Waals surface area (Å²) in [6.45, 7) is 0. The van der Waals surface area contributed by atoms with Crippen molar-refractivity contribution in [3.05, 3.63) is 83.7 Å². The summed E-state index contributed by atoms with van der Waals surface area (Å²) in [5, 5.41) is 2.05. The van der Waals surface area contributed by atoms with Crippen LogP contribution in [0.15, 0.2) is 66.7 Å². The quantitative estimate of drug-likeness (QED) is 0.728. The van der Waals surface area contributed by atoms with Crippen molar-refractivity contribution in [2.45, 2.75) is 6.42 Å². The molecule has 0 aliphatic carbocycles. The molecule has 0 aromatic heterocycles. The molecule has 2 amide bonds. The third-order valence-corrected chi connectivity index (χ3v) is 3.65. The number of hydrogen-bond donors (Lipinski definition) is 2. The Morgan fingerprint density at radius 1 is 0.833 bits per heavy atom. The molecule has 3 rings (SSSR count). The van der Waals surface area contributed by atoms with Gasteiger partial charge in [0.1, 0.15) is 5.82 Å². The second-order valence-corrected chi connectivity index (χ2v) is 5.32. The lowest BCUT2D eigenvalue weighted by molar-refractivity contribution is -0.121. The summed E-state index contributed by atoms with van der Waals surface area (Å²) in [6, 6.07) is 18.6. The van der Waals surface area contributed by atoms with Crippen molar-refractivity contribution < 1.29 is 14.0 Å². The van der Waals surface area contributed by atoms with Crippen molar-refractivity contribution in [1.29, 1.82) is 0 Å². The molecule has 3 aromatic rings. The maximum Gasteiger partial charge on any atom is 0.269 e. The third kappa shape index (κ3) is 3.57. The highest BCUT2D eigenvalue weighted by molar-refractivity contribution is 5.96. The zero-order valence-corrected chi connectivity index (χ0v) is 12.8. The molecule has 120 valence electrons. The molecule has 2 N–H and O–H groups in total. The number of carbonyl (C=O) groups is 2. The van der Waals surface area contributed by atoms with Crippen molar-refractivity contribution in [1.82, 2.24) is 10.9 Å². The van der Waals surface area contributed by atoms with Gasteiger partial charge in [-0.2, -0.15) is 0 Å². The standard InChI is InChI=1S/C19H15FN2O2/c20-16-10-8-14(9-11-16)19(24)22-21-18(23)12-15-6-3-5-13-4-1-2-7-17(13)15/h1-11H,12H2,(H,21,23)(H,22,24). The van der Waals surface area contributed by atoms with Gasteiger partial charge >= 0.3 is 0 Å². The van der Waals surface area contributed by atoms with Crippen LogP contribution in [-0.2, 0) is 11.2 Å². The summed E-state index contributed by atoms with van der Waals surface area (Å²) in [4.78, 5) is 23.9. The van der Waals surface area contributed by atoms with E-state index in [0.717, 1.165) is 16.3 Å². The van der Waals surface area contributed by atoms with Crippen molar-refractivity contribution in [2.24, 2.45) is 0 Å². The summed E-state index contributed by atoms with van der Waals surface area (Å²) >= 11 is 0. The highest BCUT2D eigenvalue weighted by Crippen LogP contribution is 2.18. The number of fused-ring (bicyclic) bond motifs is 1. The second kappa shape index (κ2) is 6.91. The Morgan fingerprint density at radius 3 is 2.33 bits per heavy atom. The number of benzene rings is 3. The maximum absolute atomic E-state index is 12.8. The molecule has 0 saturated carbocycles. The van der Waals surface area contributed by atoms with Crippen LogP contribution in [0.5, 0.6) is 0 Å².